The van der Waals surface area contributed by atoms with Gasteiger partial charge < -0.3 is 10.1 Å². The molecule has 0 heterocycles. The number of amides is 1. The van der Waals surface area contributed by atoms with Crippen molar-refractivity contribution >= 4 is 37.5 Å². The average molecular weight is 459 g/mol. The molecule has 0 aliphatic heterocycles. The lowest BCUT2D eigenvalue weighted by atomic mass is 10.3. The van der Waals surface area contributed by atoms with Gasteiger partial charge in [-0.15, -0.1) is 0 Å². The van der Waals surface area contributed by atoms with Crippen molar-refractivity contribution in [1.82, 2.24) is 4.31 Å². The highest BCUT2D eigenvalue weighted by Gasteiger charge is 2.22. The fourth-order valence-corrected chi connectivity index (χ4v) is 3.92. The lowest BCUT2D eigenvalue weighted by molar-refractivity contribution is -0.118. The van der Waals surface area contributed by atoms with Crippen LogP contribution in [0.5, 0.6) is 5.75 Å². The molecule has 0 unspecified atom stereocenters. The van der Waals surface area contributed by atoms with E-state index in [1.807, 2.05) is 0 Å². The fourth-order valence-electron chi connectivity index (χ4n) is 2.09. The standard InChI is InChI=1S/C18H20BrFN2O4S/c1-12(2)22(3)27(24,25)15-7-5-14(6-8-15)21-18(23)11-26-17-9-4-13(20)10-16(17)19/h4-10,12H,11H2,1-3H3,(H,21,23). The predicted octanol–water partition coefficient (Wildman–Crippen LogP) is 3.63. The highest BCUT2D eigenvalue weighted by atomic mass is 79.9. The van der Waals surface area contributed by atoms with Crippen LogP contribution in [0, 0.1) is 5.82 Å². The maximum Gasteiger partial charge on any atom is 0.262 e. The molecule has 0 spiro atoms. The molecule has 0 aliphatic carbocycles. The number of anilines is 1. The van der Waals surface area contributed by atoms with Gasteiger partial charge in [0.2, 0.25) is 10.0 Å². The monoisotopic (exact) mass is 458 g/mol. The molecule has 0 saturated heterocycles. The minimum absolute atomic E-state index is 0.142. The first-order chi connectivity index (χ1) is 12.6. The van der Waals surface area contributed by atoms with Gasteiger partial charge in [-0.2, -0.15) is 4.31 Å². The number of nitrogens with one attached hydrogen (secondary N) is 1. The van der Waals surface area contributed by atoms with Crippen molar-refractivity contribution in [3.8, 4) is 5.75 Å². The summed E-state index contributed by atoms with van der Waals surface area (Å²) in [6.07, 6.45) is 0. The highest BCUT2D eigenvalue weighted by Crippen LogP contribution is 2.25. The molecule has 6 nitrogen and oxygen atoms in total. The molecule has 9 heteroatoms. The molecule has 0 atom stereocenters. The Morgan fingerprint density at radius 3 is 2.41 bits per heavy atom. The minimum atomic E-state index is -3.58. The second kappa shape index (κ2) is 8.81. The number of hydrogen-bond donors (Lipinski definition) is 1. The Bertz CT molecular complexity index is 917. The van der Waals surface area contributed by atoms with E-state index in [1.165, 1.54) is 53.8 Å². The SMILES string of the molecule is CC(C)N(C)S(=O)(=O)c1ccc(NC(=O)COc2ccc(F)cc2Br)cc1. The van der Waals surface area contributed by atoms with Gasteiger partial charge in [0, 0.05) is 18.8 Å². The van der Waals surface area contributed by atoms with Crippen molar-refractivity contribution in [2.75, 3.05) is 19.0 Å². The van der Waals surface area contributed by atoms with Crippen LogP contribution in [-0.2, 0) is 14.8 Å². The van der Waals surface area contributed by atoms with Gasteiger partial charge in [0.15, 0.2) is 6.61 Å². The maximum atomic E-state index is 13.0. The number of nitrogens with zero attached hydrogens (tertiary/aromatic N) is 1. The number of sulfonamides is 1. The van der Waals surface area contributed by atoms with E-state index < -0.39 is 21.7 Å². The van der Waals surface area contributed by atoms with Crippen LogP contribution in [0.1, 0.15) is 13.8 Å². The summed E-state index contributed by atoms with van der Waals surface area (Å²) in [6, 6.07) is 9.59. The summed E-state index contributed by atoms with van der Waals surface area (Å²) in [5.41, 5.74) is 0.438. The lowest BCUT2D eigenvalue weighted by Crippen LogP contribution is -2.33. The summed E-state index contributed by atoms with van der Waals surface area (Å²) in [5, 5.41) is 2.61. The fraction of sp³-hybridized carbons (Fsp3) is 0.278. The molecular formula is C18H20BrFN2O4S. The van der Waals surface area contributed by atoms with Crippen molar-refractivity contribution in [1.29, 1.82) is 0 Å². The first-order valence-electron chi connectivity index (χ1n) is 8.07. The van der Waals surface area contributed by atoms with E-state index in [4.69, 9.17) is 4.74 Å². The third kappa shape index (κ3) is 5.50. The van der Waals surface area contributed by atoms with Gasteiger partial charge in [0.05, 0.1) is 9.37 Å². The second-order valence-electron chi connectivity index (χ2n) is 6.05. The zero-order chi connectivity index (χ0) is 20.2. The summed E-state index contributed by atoms with van der Waals surface area (Å²) < 4.78 is 44.9. The first kappa shape index (κ1) is 21.3. The van der Waals surface area contributed by atoms with E-state index in [0.717, 1.165) is 0 Å². The molecule has 0 bridgehead atoms. The van der Waals surface area contributed by atoms with Gasteiger partial charge in [-0.1, -0.05) is 0 Å². The summed E-state index contributed by atoms with van der Waals surface area (Å²) in [7, 11) is -2.06. The van der Waals surface area contributed by atoms with E-state index in [-0.39, 0.29) is 17.5 Å². The van der Waals surface area contributed by atoms with Gasteiger partial charge >= 0.3 is 0 Å². The molecule has 2 aromatic carbocycles. The van der Waals surface area contributed by atoms with Gasteiger partial charge in [-0.25, -0.2) is 12.8 Å². The number of carbonyl (C=O) groups excluding carboxylic acids is 1. The maximum absolute atomic E-state index is 13.0. The predicted molar refractivity (Wildman–Crippen MR) is 105 cm³/mol. The minimum Gasteiger partial charge on any atom is -0.483 e. The largest absolute Gasteiger partial charge is 0.483 e. The van der Waals surface area contributed by atoms with Gasteiger partial charge in [-0.3, -0.25) is 4.79 Å². The van der Waals surface area contributed by atoms with Crippen LogP contribution < -0.4 is 10.1 Å². The molecule has 2 aromatic rings. The van der Waals surface area contributed by atoms with Crippen molar-refractivity contribution in [3.05, 3.63) is 52.8 Å². The smallest absolute Gasteiger partial charge is 0.262 e. The molecular weight excluding hydrogens is 439 g/mol. The Balaban J connectivity index is 1.98. The Hall–Kier alpha value is -1.97. The average Bonchev–Trinajstić information content (AvgIpc) is 2.60. The van der Waals surface area contributed by atoms with Crippen molar-refractivity contribution in [3.63, 3.8) is 0 Å². The Kier molecular flexibility index (Phi) is 6.96. The quantitative estimate of drug-likeness (QED) is 0.686. The summed E-state index contributed by atoms with van der Waals surface area (Å²) >= 11 is 3.15. The zero-order valence-corrected chi connectivity index (χ0v) is 17.5. The number of hydrogen-bond acceptors (Lipinski definition) is 4. The number of benzene rings is 2. The molecule has 0 aliphatic rings. The third-order valence-corrected chi connectivity index (χ3v) is 6.46. The Labute approximate surface area is 166 Å². The van der Waals surface area contributed by atoms with Crippen LogP contribution in [0.4, 0.5) is 10.1 Å². The molecule has 0 aromatic heterocycles. The molecule has 2 rings (SSSR count). The van der Waals surface area contributed by atoms with Gasteiger partial charge in [0.1, 0.15) is 11.6 Å². The van der Waals surface area contributed by atoms with Crippen LogP contribution >= 0.6 is 15.9 Å². The molecule has 0 radical (unpaired) electrons. The topological polar surface area (TPSA) is 75.7 Å². The number of halogens is 2. The molecule has 0 fully saturated rings. The molecule has 0 saturated carbocycles. The first-order valence-corrected chi connectivity index (χ1v) is 10.3. The van der Waals surface area contributed by atoms with Gasteiger partial charge in [-0.05, 0) is 72.2 Å². The second-order valence-corrected chi connectivity index (χ2v) is 8.90. The van der Waals surface area contributed by atoms with E-state index in [0.29, 0.717) is 15.9 Å². The highest BCUT2D eigenvalue weighted by molar-refractivity contribution is 9.10. The van der Waals surface area contributed by atoms with Crippen LogP contribution in [0.15, 0.2) is 51.8 Å². The van der Waals surface area contributed by atoms with Crippen LogP contribution in [0.25, 0.3) is 0 Å². The number of carbonyl (C=O) groups is 1. The number of rotatable bonds is 7. The van der Waals surface area contributed by atoms with E-state index in [1.54, 1.807) is 13.8 Å². The molecule has 27 heavy (non-hydrogen) atoms. The zero-order valence-electron chi connectivity index (χ0n) is 15.1. The number of ether oxygens (including phenoxy) is 1. The van der Waals surface area contributed by atoms with Crippen molar-refractivity contribution in [2.24, 2.45) is 0 Å². The summed E-state index contributed by atoms with van der Waals surface area (Å²) in [4.78, 5) is 12.1. The van der Waals surface area contributed by atoms with Crippen molar-refractivity contribution in [2.45, 2.75) is 24.8 Å². The Morgan fingerprint density at radius 2 is 1.85 bits per heavy atom. The van der Waals surface area contributed by atoms with Crippen LogP contribution in [-0.4, -0.2) is 38.3 Å². The van der Waals surface area contributed by atoms with Crippen LogP contribution in [0.2, 0.25) is 0 Å². The molecule has 1 N–H and O–H groups in total. The van der Waals surface area contributed by atoms with E-state index in [2.05, 4.69) is 21.2 Å². The van der Waals surface area contributed by atoms with Gasteiger partial charge in [0.25, 0.3) is 5.91 Å². The van der Waals surface area contributed by atoms with E-state index in [9.17, 15) is 17.6 Å². The van der Waals surface area contributed by atoms with Crippen LogP contribution in [0.3, 0.4) is 0 Å². The van der Waals surface area contributed by atoms with Crippen molar-refractivity contribution < 1.29 is 22.3 Å². The lowest BCUT2D eigenvalue weighted by Gasteiger charge is -2.21. The third-order valence-electron chi connectivity index (χ3n) is 3.79. The van der Waals surface area contributed by atoms with E-state index >= 15 is 0 Å². The normalized spacial score (nSPS) is 11.7. The summed E-state index contributed by atoms with van der Waals surface area (Å²) in [6.45, 7) is 3.29. The Morgan fingerprint density at radius 1 is 1.22 bits per heavy atom. The molecule has 1 amide bonds. The molecule has 146 valence electrons. The summed E-state index contributed by atoms with van der Waals surface area (Å²) in [5.74, 6) is -0.511.